The van der Waals surface area contributed by atoms with Crippen LogP contribution in [0.5, 0.6) is 0 Å². The van der Waals surface area contributed by atoms with E-state index in [1.807, 2.05) is 27.2 Å². The maximum absolute atomic E-state index is 12.9. The summed E-state index contributed by atoms with van der Waals surface area (Å²) in [6.07, 6.45) is 67.8. The van der Waals surface area contributed by atoms with Gasteiger partial charge in [-0.1, -0.05) is 254 Å². The summed E-state index contributed by atoms with van der Waals surface area (Å²) in [4.78, 5) is 23.2. The van der Waals surface area contributed by atoms with Gasteiger partial charge in [-0.25, -0.2) is 4.57 Å². The molecule has 3 atom stereocenters. The first-order chi connectivity index (χ1) is 33.0. The van der Waals surface area contributed by atoms with Crippen LogP contribution in [0, 0.1) is 0 Å². The zero-order chi connectivity index (χ0) is 49.9. The molecule has 3 N–H and O–H groups in total. The minimum absolute atomic E-state index is 0.0513. The summed E-state index contributed by atoms with van der Waals surface area (Å²) in [7, 11) is 1.54. The molecule has 0 aliphatic heterocycles. The number of hydrogen-bond donors (Lipinski definition) is 3. The molecule has 0 aliphatic carbocycles. The lowest BCUT2D eigenvalue weighted by Crippen LogP contribution is -2.45. The van der Waals surface area contributed by atoms with E-state index in [9.17, 15) is 19.4 Å². The van der Waals surface area contributed by atoms with Crippen molar-refractivity contribution in [3.63, 3.8) is 0 Å². The third-order valence-corrected chi connectivity index (χ3v) is 13.7. The number of hydrogen-bond acceptors (Lipinski definition) is 5. The van der Waals surface area contributed by atoms with Crippen molar-refractivity contribution < 1.29 is 32.9 Å². The molecular weight excluding hydrogens is 864 g/mol. The number of aliphatic hydroxyl groups is 1. The molecule has 0 aromatic rings. The number of amides is 1. The summed E-state index contributed by atoms with van der Waals surface area (Å²) in [5, 5.41) is 13.9. The van der Waals surface area contributed by atoms with E-state index >= 15 is 0 Å². The number of phosphoric acid groups is 1. The smallest absolute Gasteiger partial charge is 0.387 e. The average Bonchev–Trinajstić information content (AvgIpc) is 3.30. The van der Waals surface area contributed by atoms with Crippen LogP contribution in [0.3, 0.4) is 0 Å². The Hall–Kier alpha value is -1.80. The molecule has 3 unspecified atom stereocenters. The van der Waals surface area contributed by atoms with Gasteiger partial charge in [-0.05, 0) is 57.8 Å². The Labute approximate surface area is 422 Å². The lowest BCUT2D eigenvalue weighted by Gasteiger charge is -2.25. The second-order valence-corrected chi connectivity index (χ2v) is 22.1. The van der Waals surface area contributed by atoms with Crippen LogP contribution in [0.25, 0.3) is 0 Å². The molecule has 68 heavy (non-hydrogen) atoms. The largest absolute Gasteiger partial charge is 0.472 e. The average molecular weight is 977 g/mol. The van der Waals surface area contributed by atoms with E-state index in [2.05, 4.69) is 67.8 Å². The third-order valence-electron chi connectivity index (χ3n) is 12.7. The molecule has 9 heteroatoms. The molecule has 1 amide bonds. The Morgan fingerprint density at radius 1 is 0.515 bits per heavy atom. The Balaban J connectivity index is 4.14. The number of nitrogens with zero attached hydrogens (tertiary/aromatic N) is 1. The first kappa shape index (κ1) is 66.2. The minimum Gasteiger partial charge on any atom is -0.387 e. The van der Waals surface area contributed by atoms with E-state index in [1.54, 1.807) is 6.08 Å². The number of carbonyl (C=O) groups excluding carboxylic acids is 1. The van der Waals surface area contributed by atoms with E-state index in [0.29, 0.717) is 23.9 Å². The summed E-state index contributed by atoms with van der Waals surface area (Å²) in [5.41, 5.74) is 0. The number of carbonyl (C=O) groups is 1. The van der Waals surface area contributed by atoms with Gasteiger partial charge in [-0.2, -0.15) is 0 Å². The fraction of sp³-hybridized carbons (Fsp3) is 0.814. The standard InChI is InChI=1S/C59H111N2O6P/c1-6-8-10-12-14-16-18-20-22-23-24-25-26-27-28-29-30-31-32-33-34-35-36-37-39-40-42-44-46-48-50-52-58(62)57(56-67-68(64,65)66-55-54-61(3,4)5)60-59(63)53-51-49-47-45-43-41-38-21-19-17-15-13-11-9-7-2/h9,11,15,17,21,38,43,45,50,52,57-58,62H,6-8,10,12-14,16,18-20,22-37,39-42,44,46-49,51,53-56H2,1-5H3,(H-,60,63,64,65)/p+1/b11-9-,17-15-,38-21-,45-43-,52-50+. The minimum atomic E-state index is -4.36. The summed E-state index contributed by atoms with van der Waals surface area (Å²) in [6.45, 7) is 4.68. The molecule has 398 valence electrons. The van der Waals surface area contributed by atoms with Gasteiger partial charge < -0.3 is 19.8 Å². The molecule has 0 radical (unpaired) electrons. The van der Waals surface area contributed by atoms with Crippen molar-refractivity contribution >= 4 is 13.7 Å². The van der Waals surface area contributed by atoms with Crippen molar-refractivity contribution in [1.29, 1.82) is 0 Å². The van der Waals surface area contributed by atoms with Crippen molar-refractivity contribution in [2.75, 3.05) is 40.9 Å². The van der Waals surface area contributed by atoms with Gasteiger partial charge in [-0.3, -0.25) is 13.8 Å². The maximum Gasteiger partial charge on any atom is 0.472 e. The molecule has 0 aliphatic rings. The number of phosphoric ester groups is 1. The van der Waals surface area contributed by atoms with Gasteiger partial charge in [0.25, 0.3) is 0 Å². The third kappa shape index (κ3) is 52.0. The molecule has 0 saturated carbocycles. The van der Waals surface area contributed by atoms with Gasteiger partial charge in [-0.15, -0.1) is 0 Å². The number of allylic oxidation sites excluding steroid dienone is 9. The Morgan fingerprint density at radius 2 is 0.882 bits per heavy atom. The van der Waals surface area contributed by atoms with Crippen molar-refractivity contribution in [3.05, 3.63) is 60.8 Å². The molecule has 0 bridgehead atoms. The molecule has 8 nitrogen and oxygen atoms in total. The monoisotopic (exact) mass is 976 g/mol. The molecular formula is C59H112N2O6P+. The van der Waals surface area contributed by atoms with Gasteiger partial charge in [0.2, 0.25) is 5.91 Å². The van der Waals surface area contributed by atoms with Gasteiger partial charge in [0.15, 0.2) is 0 Å². The number of likely N-dealkylation sites (N-methyl/N-ethyl adjacent to an activating group) is 1. The van der Waals surface area contributed by atoms with Crippen LogP contribution in [0.15, 0.2) is 60.8 Å². The number of nitrogens with one attached hydrogen (secondary N) is 1. The number of unbranched alkanes of at least 4 members (excludes halogenated alkanes) is 31. The van der Waals surface area contributed by atoms with E-state index in [-0.39, 0.29) is 19.1 Å². The number of rotatable bonds is 52. The van der Waals surface area contributed by atoms with E-state index in [0.717, 1.165) is 57.8 Å². The predicted octanol–water partition coefficient (Wildman–Crippen LogP) is 17.3. The second-order valence-electron chi connectivity index (χ2n) is 20.6. The lowest BCUT2D eigenvalue weighted by atomic mass is 10.0. The van der Waals surface area contributed by atoms with Crippen LogP contribution in [0.1, 0.15) is 258 Å². The Kier molecular flexibility index (Phi) is 48.8. The normalized spacial score (nSPS) is 14.4. The highest BCUT2D eigenvalue weighted by Crippen LogP contribution is 2.43. The summed E-state index contributed by atoms with van der Waals surface area (Å²) >= 11 is 0. The van der Waals surface area contributed by atoms with Crippen molar-refractivity contribution in [2.45, 2.75) is 270 Å². The van der Waals surface area contributed by atoms with Crippen LogP contribution >= 0.6 is 7.82 Å². The number of aliphatic hydroxyl groups excluding tert-OH is 1. The summed E-state index contributed by atoms with van der Waals surface area (Å²) < 4.78 is 23.6. The Bertz CT molecular complexity index is 1290. The van der Waals surface area contributed by atoms with Crippen molar-refractivity contribution in [3.8, 4) is 0 Å². The van der Waals surface area contributed by atoms with Crippen LogP contribution in [-0.2, 0) is 18.4 Å². The van der Waals surface area contributed by atoms with Gasteiger partial charge >= 0.3 is 7.82 Å². The van der Waals surface area contributed by atoms with Crippen LogP contribution in [0.2, 0.25) is 0 Å². The molecule has 0 fully saturated rings. The molecule has 0 aromatic carbocycles. The first-order valence-electron chi connectivity index (χ1n) is 28.7. The zero-order valence-corrected chi connectivity index (χ0v) is 46.2. The van der Waals surface area contributed by atoms with E-state index < -0.39 is 20.0 Å². The zero-order valence-electron chi connectivity index (χ0n) is 45.3. The predicted molar refractivity (Wildman–Crippen MR) is 295 cm³/mol. The van der Waals surface area contributed by atoms with Gasteiger partial charge in [0.05, 0.1) is 39.9 Å². The van der Waals surface area contributed by atoms with E-state index in [1.165, 1.54) is 173 Å². The SMILES string of the molecule is CC/C=C\C/C=C\C/C=C\C/C=C\CCCCC(=O)NC(COP(=O)(O)OCC[N+](C)(C)C)C(O)/C=C/CCCCCCCCCCCCCCCCCCCCCCCCCCCCCCC. The van der Waals surface area contributed by atoms with Gasteiger partial charge in [0, 0.05) is 6.42 Å². The quantitative estimate of drug-likeness (QED) is 0.0243. The molecule has 0 saturated heterocycles. The molecule has 0 spiro atoms. The van der Waals surface area contributed by atoms with Crippen molar-refractivity contribution in [2.24, 2.45) is 0 Å². The topological polar surface area (TPSA) is 105 Å². The van der Waals surface area contributed by atoms with Crippen molar-refractivity contribution in [1.82, 2.24) is 5.32 Å². The fourth-order valence-corrected chi connectivity index (χ4v) is 9.01. The molecule has 0 aromatic heterocycles. The highest BCUT2D eigenvalue weighted by atomic mass is 31.2. The second kappa shape index (κ2) is 50.2. The highest BCUT2D eigenvalue weighted by Gasteiger charge is 2.27. The van der Waals surface area contributed by atoms with Crippen LogP contribution in [0.4, 0.5) is 0 Å². The lowest BCUT2D eigenvalue weighted by molar-refractivity contribution is -0.870. The fourth-order valence-electron chi connectivity index (χ4n) is 8.27. The maximum atomic E-state index is 12.9. The van der Waals surface area contributed by atoms with Crippen LogP contribution in [-0.4, -0.2) is 73.4 Å². The molecule has 0 rings (SSSR count). The molecule has 0 heterocycles. The number of quaternary nitrogens is 1. The van der Waals surface area contributed by atoms with Crippen LogP contribution < -0.4 is 5.32 Å². The van der Waals surface area contributed by atoms with E-state index in [4.69, 9.17) is 9.05 Å². The van der Waals surface area contributed by atoms with Gasteiger partial charge in [0.1, 0.15) is 13.2 Å². The first-order valence-corrected chi connectivity index (χ1v) is 30.2. The summed E-state index contributed by atoms with van der Waals surface area (Å²) in [6, 6.07) is -0.871. The summed E-state index contributed by atoms with van der Waals surface area (Å²) in [5.74, 6) is -0.217. The Morgan fingerprint density at radius 3 is 1.29 bits per heavy atom. The highest BCUT2D eigenvalue weighted by molar-refractivity contribution is 7.47.